The van der Waals surface area contributed by atoms with Crippen LogP contribution in [0.1, 0.15) is 16.1 Å². The third-order valence-corrected chi connectivity index (χ3v) is 2.33. The standard InChI is InChI=1S/C10H8ClN3O/c1-7-8(6-15)5-13-14(7)10-4-9(11)2-3-12-10/h2-6H,1H3. The number of nitrogens with zero attached hydrogens (tertiary/aromatic N) is 3. The normalized spacial score (nSPS) is 10.3. The number of halogens is 1. The maximum Gasteiger partial charge on any atom is 0.155 e. The summed E-state index contributed by atoms with van der Waals surface area (Å²) in [5.74, 6) is 0.605. The molecule has 0 aliphatic carbocycles. The van der Waals surface area contributed by atoms with E-state index < -0.39 is 0 Å². The molecule has 0 saturated carbocycles. The van der Waals surface area contributed by atoms with Crippen molar-refractivity contribution in [3.05, 3.63) is 40.8 Å². The molecule has 2 aromatic heterocycles. The predicted molar refractivity (Wildman–Crippen MR) is 56.5 cm³/mol. The fourth-order valence-electron chi connectivity index (χ4n) is 1.28. The van der Waals surface area contributed by atoms with Crippen LogP contribution in [0.4, 0.5) is 0 Å². The van der Waals surface area contributed by atoms with E-state index in [1.807, 2.05) is 0 Å². The van der Waals surface area contributed by atoms with Crippen LogP contribution in [0, 0.1) is 6.92 Å². The minimum Gasteiger partial charge on any atom is -0.298 e. The Morgan fingerprint density at radius 1 is 1.53 bits per heavy atom. The molecule has 0 bridgehead atoms. The Morgan fingerprint density at radius 2 is 2.33 bits per heavy atom. The number of aldehydes is 1. The van der Waals surface area contributed by atoms with Gasteiger partial charge in [0.15, 0.2) is 12.1 Å². The van der Waals surface area contributed by atoms with Gasteiger partial charge in [-0.05, 0) is 13.0 Å². The highest BCUT2D eigenvalue weighted by Gasteiger charge is 2.07. The molecule has 0 radical (unpaired) electrons. The molecule has 2 rings (SSSR count). The van der Waals surface area contributed by atoms with E-state index in [1.54, 1.807) is 29.9 Å². The molecule has 0 fully saturated rings. The van der Waals surface area contributed by atoms with Crippen molar-refractivity contribution in [3.8, 4) is 5.82 Å². The molecule has 0 aromatic carbocycles. The second-order valence-corrected chi connectivity index (χ2v) is 3.48. The lowest BCUT2D eigenvalue weighted by atomic mass is 10.3. The van der Waals surface area contributed by atoms with Gasteiger partial charge in [-0.15, -0.1) is 0 Å². The Morgan fingerprint density at radius 3 is 2.93 bits per heavy atom. The van der Waals surface area contributed by atoms with Crippen molar-refractivity contribution in [2.75, 3.05) is 0 Å². The van der Waals surface area contributed by atoms with Gasteiger partial charge in [-0.25, -0.2) is 9.67 Å². The molecule has 0 aliphatic heterocycles. The topological polar surface area (TPSA) is 47.8 Å². The number of pyridine rings is 1. The van der Waals surface area contributed by atoms with E-state index in [2.05, 4.69) is 10.1 Å². The van der Waals surface area contributed by atoms with Gasteiger partial charge in [0.25, 0.3) is 0 Å². The lowest BCUT2D eigenvalue weighted by molar-refractivity contribution is 0.112. The van der Waals surface area contributed by atoms with Crippen molar-refractivity contribution in [1.82, 2.24) is 14.8 Å². The smallest absolute Gasteiger partial charge is 0.155 e. The molecule has 0 atom stereocenters. The molecule has 2 heterocycles. The van der Waals surface area contributed by atoms with Gasteiger partial charge < -0.3 is 0 Å². The summed E-state index contributed by atoms with van der Waals surface area (Å²) in [6.07, 6.45) is 3.87. The summed E-state index contributed by atoms with van der Waals surface area (Å²) >= 11 is 5.84. The van der Waals surface area contributed by atoms with Crippen molar-refractivity contribution in [1.29, 1.82) is 0 Å². The van der Waals surface area contributed by atoms with E-state index in [4.69, 9.17) is 11.6 Å². The van der Waals surface area contributed by atoms with E-state index >= 15 is 0 Å². The van der Waals surface area contributed by atoms with E-state index in [0.717, 1.165) is 12.0 Å². The summed E-state index contributed by atoms with van der Waals surface area (Å²) in [6.45, 7) is 1.80. The van der Waals surface area contributed by atoms with Gasteiger partial charge in [-0.1, -0.05) is 11.6 Å². The number of carbonyl (C=O) groups is 1. The summed E-state index contributed by atoms with van der Waals surface area (Å²) in [7, 11) is 0. The fourth-order valence-corrected chi connectivity index (χ4v) is 1.43. The Hall–Kier alpha value is -1.68. The van der Waals surface area contributed by atoms with Crippen molar-refractivity contribution in [2.24, 2.45) is 0 Å². The molecule has 0 aliphatic rings. The Labute approximate surface area is 91.5 Å². The maximum absolute atomic E-state index is 10.6. The van der Waals surface area contributed by atoms with Crippen LogP contribution in [0.2, 0.25) is 5.02 Å². The monoisotopic (exact) mass is 221 g/mol. The molecule has 0 saturated heterocycles. The third kappa shape index (κ3) is 1.76. The average Bonchev–Trinajstić information content (AvgIpc) is 2.59. The van der Waals surface area contributed by atoms with Crippen LogP contribution in [0.15, 0.2) is 24.5 Å². The van der Waals surface area contributed by atoms with Crippen molar-refractivity contribution in [3.63, 3.8) is 0 Å². The minimum atomic E-state index is 0.553. The summed E-state index contributed by atoms with van der Waals surface area (Å²) in [5, 5.41) is 4.65. The third-order valence-electron chi connectivity index (χ3n) is 2.10. The van der Waals surface area contributed by atoms with Crippen LogP contribution in [-0.4, -0.2) is 21.1 Å². The maximum atomic E-state index is 10.6. The predicted octanol–water partition coefficient (Wildman–Crippen LogP) is 2.04. The second kappa shape index (κ2) is 3.82. The van der Waals surface area contributed by atoms with Gasteiger partial charge in [0.1, 0.15) is 0 Å². The molecule has 4 nitrogen and oxygen atoms in total. The molecule has 15 heavy (non-hydrogen) atoms. The first-order valence-electron chi connectivity index (χ1n) is 4.34. The molecule has 0 amide bonds. The van der Waals surface area contributed by atoms with Gasteiger partial charge in [-0.2, -0.15) is 5.10 Å². The van der Waals surface area contributed by atoms with Crippen molar-refractivity contribution in [2.45, 2.75) is 6.92 Å². The largest absolute Gasteiger partial charge is 0.298 e. The lowest BCUT2D eigenvalue weighted by Crippen LogP contribution is -2.01. The van der Waals surface area contributed by atoms with Gasteiger partial charge in [0.05, 0.1) is 17.5 Å². The highest BCUT2D eigenvalue weighted by molar-refractivity contribution is 6.30. The van der Waals surface area contributed by atoms with Crippen molar-refractivity contribution >= 4 is 17.9 Å². The first-order chi connectivity index (χ1) is 7.22. The minimum absolute atomic E-state index is 0.553. The molecule has 5 heteroatoms. The molecule has 0 spiro atoms. The summed E-state index contributed by atoms with van der Waals surface area (Å²) in [4.78, 5) is 14.8. The number of rotatable bonds is 2. The van der Waals surface area contributed by atoms with E-state index in [0.29, 0.717) is 16.4 Å². The van der Waals surface area contributed by atoms with E-state index in [9.17, 15) is 4.79 Å². The van der Waals surface area contributed by atoms with Crippen molar-refractivity contribution < 1.29 is 4.79 Å². The lowest BCUT2D eigenvalue weighted by Gasteiger charge is -2.02. The molecular weight excluding hydrogens is 214 g/mol. The quantitative estimate of drug-likeness (QED) is 0.730. The molecular formula is C10H8ClN3O. The van der Waals surface area contributed by atoms with Crippen LogP contribution < -0.4 is 0 Å². The molecule has 2 aromatic rings. The van der Waals surface area contributed by atoms with E-state index in [-0.39, 0.29) is 0 Å². The van der Waals surface area contributed by atoms with E-state index in [1.165, 1.54) is 6.20 Å². The summed E-state index contributed by atoms with van der Waals surface area (Å²) in [6, 6.07) is 3.38. The number of carbonyl (C=O) groups excluding carboxylic acids is 1. The highest BCUT2D eigenvalue weighted by atomic mass is 35.5. The fraction of sp³-hybridized carbons (Fsp3) is 0.100. The average molecular weight is 222 g/mol. The van der Waals surface area contributed by atoms with Crippen LogP contribution >= 0.6 is 11.6 Å². The number of hydrogen-bond donors (Lipinski definition) is 0. The number of aromatic nitrogens is 3. The van der Waals surface area contributed by atoms with Crippen LogP contribution in [-0.2, 0) is 0 Å². The first kappa shape index (κ1) is 9.86. The zero-order valence-electron chi connectivity index (χ0n) is 8.01. The Balaban J connectivity index is 2.54. The summed E-state index contributed by atoms with van der Waals surface area (Å²) in [5.41, 5.74) is 1.30. The van der Waals surface area contributed by atoms with Crippen LogP contribution in [0.3, 0.4) is 0 Å². The van der Waals surface area contributed by atoms with Crippen LogP contribution in [0.25, 0.3) is 5.82 Å². The first-order valence-corrected chi connectivity index (χ1v) is 4.72. The Kier molecular flexibility index (Phi) is 2.51. The zero-order chi connectivity index (χ0) is 10.8. The zero-order valence-corrected chi connectivity index (χ0v) is 8.77. The van der Waals surface area contributed by atoms with Crippen LogP contribution in [0.5, 0.6) is 0 Å². The van der Waals surface area contributed by atoms with Gasteiger partial charge >= 0.3 is 0 Å². The highest BCUT2D eigenvalue weighted by Crippen LogP contribution is 2.14. The summed E-state index contributed by atoms with van der Waals surface area (Å²) < 4.78 is 1.58. The van der Waals surface area contributed by atoms with Gasteiger partial charge in [-0.3, -0.25) is 4.79 Å². The Bertz CT molecular complexity index is 507. The second-order valence-electron chi connectivity index (χ2n) is 3.05. The SMILES string of the molecule is Cc1c(C=O)cnn1-c1cc(Cl)ccn1. The molecule has 76 valence electrons. The molecule has 0 N–H and O–H groups in total. The number of hydrogen-bond acceptors (Lipinski definition) is 3. The van der Waals surface area contributed by atoms with Gasteiger partial charge in [0.2, 0.25) is 0 Å². The molecule has 0 unspecified atom stereocenters. The van der Waals surface area contributed by atoms with Gasteiger partial charge in [0, 0.05) is 17.3 Å².